The number of para-hydroxylation sites is 1. The maximum atomic E-state index is 5.36. The SMILES string of the molecule is CCC(NC(=S)Nc1ccccc1)c1ccccc1. The standard InChI is InChI=1S/C16H18N2S/c1-2-15(13-9-5-3-6-10-13)18-16(19)17-14-11-7-4-8-12-14/h3-12,15H,2H2,1H3,(H2,17,18,19). The molecule has 0 amide bonds. The zero-order chi connectivity index (χ0) is 13.5. The number of nitrogens with one attached hydrogen (secondary N) is 2. The molecule has 0 aromatic heterocycles. The quantitative estimate of drug-likeness (QED) is 0.817. The summed E-state index contributed by atoms with van der Waals surface area (Å²) >= 11 is 5.36. The Morgan fingerprint density at radius 1 is 1.00 bits per heavy atom. The van der Waals surface area contributed by atoms with Crippen molar-refractivity contribution in [2.24, 2.45) is 0 Å². The van der Waals surface area contributed by atoms with E-state index in [2.05, 4.69) is 29.7 Å². The molecule has 1 unspecified atom stereocenters. The van der Waals surface area contributed by atoms with E-state index in [0.717, 1.165) is 12.1 Å². The number of thiocarbonyl (C=S) groups is 1. The van der Waals surface area contributed by atoms with E-state index >= 15 is 0 Å². The summed E-state index contributed by atoms with van der Waals surface area (Å²) in [4.78, 5) is 0. The second-order valence-corrected chi connectivity index (χ2v) is 4.74. The van der Waals surface area contributed by atoms with Crippen molar-refractivity contribution in [2.75, 3.05) is 5.32 Å². The molecule has 0 spiro atoms. The number of rotatable bonds is 4. The Morgan fingerprint density at radius 3 is 2.16 bits per heavy atom. The van der Waals surface area contributed by atoms with Gasteiger partial charge in [-0.3, -0.25) is 0 Å². The van der Waals surface area contributed by atoms with Crippen LogP contribution in [0.3, 0.4) is 0 Å². The molecule has 0 bridgehead atoms. The fraction of sp³-hybridized carbons (Fsp3) is 0.188. The highest BCUT2D eigenvalue weighted by Crippen LogP contribution is 2.16. The van der Waals surface area contributed by atoms with Crippen molar-refractivity contribution < 1.29 is 0 Å². The van der Waals surface area contributed by atoms with Crippen LogP contribution in [-0.2, 0) is 0 Å². The highest BCUT2D eigenvalue weighted by Gasteiger charge is 2.09. The van der Waals surface area contributed by atoms with Crippen LogP contribution in [0.5, 0.6) is 0 Å². The summed E-state index contributed by atoms with van der Waals surface area (Å²) in [5.41, 5.74) is 2.25. The average molecular weight is 270 g/mol. The third-order valence-electron chi connectivity index (χ3n) is 2.95. The van der Waals surface area contributed by atoms with Gasteiger partial charge >= 0.3 is 0 Å². The first-order valence-electron chi connectivity index (χ1n) is 6.47. The maximum Gasteiger partial charge on any atom is 0.171 e. The third kappa shape index (κ3) is 4.07. The van der Waals surface area contributed by atoms with E-state index in [4.69, 9.17) is 12.2 Å². The summed E-state index contributed by atoms with van der Waals surface area (Å²) in [6.45, 7) is 2.15. The predicted octanol–water partition coefficient (Wildman–Crippen LogP) is 4.12. The Bertz CT molecular complexity index is 511. The van der Waals surface area contributed by atoms with Gasteiger partial charge in [0, 0.05) is 5.69 Å². The number of benzene rings is 2. The van der Waals surface area contributed by atoms with E-state index in [1.165, 1.54) is 5.56 Å². The molecule has 0 aliphatic carbocycles. The van der Waals surface area contributed by atoms with Crippen LogP contribution < -0.4 is 10.6 Å². The summed E-state index contributed by atoms with van der Waals surface area (Å²) in [7, 11) is 0. The molecule has 19 heavy (non-hydrogen) atoms. The number of hydrogen-bond donors (Lipinski definition) is 2. The molecule has 0 heterocycles. The van der Waals surface area contributed by atoms with Gasteiger partial charge in [-0.25, -0.2) is 0 Å². The third-order valence-corrected chi connectivity index (χ3v) is 3.17. The summed E-state index contributed by atoms with van der Waals surface area (Å²) in [6.07, 6.45) is 0.987. The summed E-state index contributed by atoms with van der Waals surface area (Å²) in [5.74, 6) is 0. The zero-order valence-electron chi connectivity index (χ0n) is 11.0. The molecule has 1 atom stereocenters. The van der Waals surface area contributed by atoms with Crippen LogP contribution in [0.1, 0.15) is 24.9 Å². The molecule has 2 rings (SSSR count). The van der Waals surface area contributed by atoms with E-state index in [0.29, 0.717) is 5.11 Å². The molecule has 0 aliphatic heterocycles. The minimum atomic E-state index is 0.241. The highest BCUT2D eigenvalue weighted by atomic mass is 32.1. The van der Waals surface area contributed by atoms with Crippen molar-refractivity contribution in [3.8, 4) is 0 Å². The largest absolute Gasteiger partial charge is 0.356 e. The van der Waals surface area contributed by atoms with Crippen LogP contribution in [0.25, 0.3) is 0 Å². The van der Waals surface area contributed by atoms with E-state index in [-0.39, 0.29) is 6.04 Å². The Morgan fingerprint density at radius 2 is 1.58 bits per heavy atom. The van der Waals surface area contributed by atoms with Crippen molar-refractivity contribution in [2.45, 2.75) is 19.4 Å². The van der Waals surface area contributed by atoms with Gasteiger partial charge in [0.25, 0.3) is 0 Å². The average Bonchev–Trinajstić information content (AvgIpc) is 2.47. The van der Waals surface area contributed by atoms with Gasteiger partial charge in [-0.2, -0.15) is 0 Å². The monoisotopic (exact) mass is 270 g/mol. The van der Waals surface area contributed by atoms with Crippen molar-refractivity contribution in [1.29, 1.82) is 0 Å². The molecule has 0 radical (unpaired) electrons. The molecule has 0 saturated carbocycles. The second kappa shape index (κ2) is 6.90. The molecular weight excluding hydrogens is 252 g/mol. The molecule has 0 saturated heterocycles. The van der Waals surface area contributed by atoms with Crippen LogP contribution in [0.4, 0.5) is 5.69 Å². The fourth-order valence-electron chi connectivity index (χ4n) is 1.95. The minimum absolute atomic E-state index is 0.241. The van der Waals surface area contributed by atoms with E-state index < -0.39 is 0 Å². The second-order valence-electron chi connectivity index (χ2n) is 4.34. The maximum absolute atomic E-state index is 5.36. The minimum Gasteiger partial charge on any atom is -0.356 e. The van der Waals surface area contributed by atoms with Crippen LogP contribution in [0.2, 0.25) is 0 Å². The number of anilines is 1. The zero-order valence-corrected chi connectivity index (χ0v) is 11.8. The lowest BCUT2D eigenvalue weighted by atomic mass is 10.1. The van der Waals surface area contributed by atoms with Gasteiger partial charge in [0.2, 0.25) is 0 Å². The van der Waals surface area contributed by atoms with Gasteiger partial charge in [0.15, 0.2) is 5.11 Å². The van der Waals surface area contributed by atoms with Crippen molar-refractivity contribution in [3.63, 3.8) is 0 Å². The summed E-state index contributed by atoms with van der Waals surface area (Å²) in [6, 6.07) is 20.6. The number of hydrogen-bond acceptors (Lipinski definition) is 1. The van der Waals surface area contributed by atoms with Gasteiger partial charge in [0.1, 0.15) is 0 Å². The molecule has 2 N–H and O–H groups in total. The molecule has 98 valence electrons. The lowest BCUT2D eigenvalue weighted by Gasteiger charge is -2.20. The van der Waals surface area contributed by atoms with Gasteiger partial charge in [-0.05, 0) is 36.3 Å². The summed E-state index contributed by atoms with van der Waals surface area (Å²) < 4.78 is 0. The Kier molecular flexibility index (Phi) is 4.93. The fourth-order valence-corrected chi connectivity index (χ4v) is 2.21. The molecule has 2 nitrogen and oxygen atoms in total. The van der Waals surface area contributed by atoms with Crippen molar-refractivity contribution >= 4 is 23.0 Å². The molecule has 2 aromatic carbocycles. The van der Waals surface area contributed by atoms with Crippen LogP contribution >= 0.6 is 12.2 Å². The van der Waals surface area contributed by atoms with E-state index in [1.807, 2.05) is 48.5 Å². The normalized spacial score (nSPS) is 11.6. The van der Waals surface area contributed by atoms with E-state index in [9.17, 15) is 0 Å². The lowest BCUT2D eigenvalue weighted by molar-refractivity contribution is 0.629. The lowest BCUT2D eigenvalue weighted by Crippen LogP contribution is -2.32. The smallest absolute Gasteiger partial charge is 0.171 e. The van der Waals surface area contributed by atoms with Gasteiger partial charge < -0.3 is 10.6 Å². The van der Waals surface area contributed by atoms with Gasteiger partial charge in [0.05, 0.1) is 6.04 Å². The molecule has 0 aliphatic rings. The Labute approximate surface area is 119 Å². The summed E-state index contributed by atoms with van der Waals surface area (Å²) in [5, 5.41) is 7.20. The topological polar surface area (TPSA) is 24.1 Å². The molecule has 2 aromatic rings. The van der Waals surface area contributed by atoms with Crippen LogP contribution in [0, 0.1) is 0 Å². The van der Waals surface area contributed by atoms with Crippen molar-refractivity contribution in [3.05, 3.63) is 66.2 Å². The predicted molar refractivity (Wildman–Crippen MR) is 85.3 cm³/mol. The van der Waals surface area contributed by atoms with Crippen LogP contribution in [0.15, 0.2) is 60.7 Å². The van der Waals surface area contributed by atoms with Gasteiger partial charge in [-0.15, -0.1) is 0 Å². The van der Waals surface area contributed by atoms with Gasteiger partial charge in [-0.1, -0.05) is 55.5 Å². The first-order valence-corrected chi connectivity index (χ1v) is 6.88. The molecule has 0 fully saturated rings. The Balaban J connectivity index is 1.97. The highest BCUT2D eigenvalue weighted by molar-refractivity contribution is 7.80. The first-order chi connectivity index (χ1) is 9.29. The van der Waals surface area contributed by atoms with Crippen molar-refractivity contribution in [1.82, 2.24) is 5.32 Å². The van der Waals surface area contributed by atoms with E-state index in [1.54, 1.807) is 0 Å². The Hall–Kier alpha value is -1.87. The molecule has 3 heteroatoms. The first kappa shape index (κ1) is 13.6. The van der Waals surface area contributed by atoms with Crippen LogP contribution in [-0.4, -0.2) is 5.11 Å². The molecular formula is C16H18N2S.